The molecule has 2 aliphatic heterocycles. The highest BCUT2D eigenvalue weighted by Crippen LogP contribution is 2.24. The molecule has 0 saturated carbocycles. The predicted molar refractivity (Wildman–Crippen MR) is 96.9 cm³/mol. The zero-order valence-electron chi connectivity index (χ0n) is 14.9. The number of likely N-dealkylation sites (tertiary alicyclic amines) is 1. The van der Waals surface area contributed by atoms with Crippen molar-refractivity contribution in [3.8, 4) is 0 Å². The molecule has 0 aromatic heterocycles. The minimum atomic E-state index is -3.59. The Morgan fingerprint density at radius 3 is 2.72 bits per heavy atom. The van der Waals surface area contributed by atoms with E-state index in [0.717, 1.165) is 25.9 Å². The van der Waals surface area contributed by atoms with Gasteiger partial charge in [0.2, 0.25) is 5.91 Å². The number of benzene rings is 1. The van der Waals surface area contributed by atoms with Gasteiger partial charge < -0.3 is 4.90 Å². The molecule has 25 heavy (non-hydrogen) atoms. The number of nitrogens with zero attached hydrogens (tertiary/aromatic N) is 2. The van der Waals surface area contributed by atoms with Gasteiger partial charge in [-0.25, -0.2) is 8.42 Å². The summed E-state index contributed by atoms with van der Waals surface area (Å²) in [5.41, 5.74) is 0.535. The molecule has 1 amide bonds. The van der Waals surface area contributed by atoms with Crippen molar-refractivity contribution in [2.75, 3.05) is 13.1 Å². The van der Waals surface area contributed by atoms with E-state index in [2.05, 4.69) is 16.6 Å². The maximum Gasteiger partial charge on any atom is 0.263 e. The van der Waals surface area contributed by atoms with E-state index in [1.54, 1.807) is 24.3 Å². The molecule has 2 heterocycles. The number of carbonyl (C=O) groups excluding carboxylic acids is 1. The third-order valence-corrected chi connectivity index (χ3v) is 6.18. The van der Waals surface area contributed by atoms with Crippen LogP contribution in [0.25, 0.3) is 0 Å². The summed E-state index contributed by atoms with van der Waals surface area (Å²) in [6, 6.07) is 6.14. The van der Waals surface area contributed by atoms with Gasteiger partial charge in [0.25, 0.3) is 10.0 Å². The number of hydrogen-bond donors (Lipinski definition) is 1. The summed E-state index contributed by atoms with van der Waals surface area (Å²) in [5.74, 6) is 0.726. The van der Waals surface area contributed by atoms with E-state index in [4.69, 9.17) is 0 Å². The minimum Gasteiger partial charge on any atom is -0.341 e. The van der Waals surface area contributed by atoms with Gasteiger partial charge in [-0.3, -0.25) is 14.5 Å². The molecule has 0 bridgehead atoms. The molecule has 0 radical (unpaired) electrons. The lowest BCUT2D eigenvalue weighted by atomic mass is 9.97. The Hall–Kier alpha value is -1.89. The van der Waals surface area contributed by atoms with Crippen LogP contribution in [0.4, 0.5) is 0 Å². The molecule has 6 nitrogen and oxygen atoms in total. The van der Waals surface area contributed by atoms with E-state index in [-0.39, 0.29) is 22.6 Å². The Bertz CT molecular complexity index is 802. The summed E-state index contributed by atoms with van der Waals surface area (Å²) in [7, 11) is -3.59. The molecular weight excluding hydrogens is 338 g/mol. The smallest absolute Gasteiger partial charge is 0.263 e. The van der Waals surface area contributed by atoms with Crippen LogP contribution in [-0.4, -0.2) is 44.2 Å². The maximum atomic E-state index is 13.0. The summed E-state index contributed by atoms with van der Waals surface area (Å²) in [5, 5.41) is 0. The summed E-state index contributed by atoms with van der Waals surface area (Å²) < 4.78 is 27.0. The number of amidine groups is 1. The second-order valence-electron chi connectivity index (χ2n) is 7.30. The number of fused-ring (bicyclic) bond motifs is 1. The van der Waals surface area contributed by atoms with Gasteiger partial charge in [-0.2, -0.15) is 0 Å². The number of rotatable bonds is 3. The summed E-state index contributed by atoms with van der Waals surface area (Å²) in [6.07, 6.45) is 2.14. The van der Waals surface area contributed by atoms with Crippen molar-refractivity contribution in [2.45, 2.75) is 44.6 Å². The molecule has 1 N–H and O–H groups in total. The predicted octanol–water partition coefficient (Wildman–Crippen LogP) is 2.01. The topological polar surface area (TPSA) is 78.8 Å². The van der Waals surface area contributed by atoms with E-state index in [0.29, 0.717) is 11.5 Å². The van der Waals surface area contributed by atoms with Crippen molar-refractivity contribution >= 4 is 21.8 Å². The second kappa shape index (κ2) is 6.78. The number of amides is 1. The SMILES string of the molecule is CC1CCCN(C(=O)C(N=C2NS(=O)(=O)c3ccccc32)C(C)C)C1. The Labute approximate surface area is 149 Å². The summed E-state index contributed by atoms with van der Waals surface area (Å²) in [6.45, 7) is 7.52. The van der Waals surface area contributed by atoms with Gasteiger partial charge >= 0.3 is 0 Å². The van der Waals surface area contributed by atoms with Gasteiger partial charge in [0.05, 0.1) is 4.90 Å². The fourth-order valence-electron chi connectivity index (χ4n) is 3.43. The molecule has 1 aromatic rings. The first-order valence-electron chi connectivity index (χ1n) is 8.78. The van der Waals surface area contributed by atoms with Crippen LogP contribution in [0.15, 0.2) is 34.2 Å². The molecule has 1 saturated heterocycles. The molecule has 1 fully saturated rings. The highest BCUT2D eigenvalue weighted by atomic mass is 32.2. The van der Waals surface area contributed by atoms with Crippen LogP contribution < -0.4 is 4.72 Å². The van der Waals surface area contributed by atoms with Crippen molar-refractivity contribution in [2.24, 2.45) is 16.8 Å². The van der Waals surface area contributed by atoms with Crippen molar-refractivity contribution < 1.29 is 13.2 Å². The molecule has 1 aromatic carbocycles. The maximum absolute atomic E-state index is 13.0. The second-order valence-corrected chi connectivity index (χ2v) is 8.95. The van der Waals surface area contributed by atoms with Gasteiger partial charge in [0, 0.05) is 18.7 Å². The molecule has 2 atom stereocenters. The minimum absolute atomic E-state index is 0.0161. The van der Waals surface area contributed by atoms with Crippen LogP contribution >= 0.6 is 0 Å². The van der Waals surface area contributed by atoms with Crippen molar-refractivity contribution in [3.63, 3.8) is 0 Å². The fourth-order valence-corrected chi connectivity index (χ4v) is 4.67. The molecule has 136 valence electrons. The molecule has 7 heteroatoms. The third kappa shape index (κ3) is 3.56. The molecule has 2 aliphatic rings. The number of aliphatic imine (C=N–C) groups is 1. The number of piperidine rings is 1. The van der Waals surface area contributed by atoms with E-state index in [1.807, 2.05) is 18.7 Å². The van der Waals surface area contributed by atoms with Crippen molar-refractivity contribution in [1.82, 2.24) is 9.62 Å². The Balaban J connectivity index is 1.92. The van der Waals surface area contributed by atoms with E-state index in [1.165, 1.54) is 0 Å². The molecule has 2 unspecified atom stereocenters. The van der Waals surface area contributed by atoms with E-state index in [9.17, 15) is 13.2 Å². The molecule has 0 spiro atoms. The molecule has 0 aliphatic carbocycles. The highest BCUT2D eigenvalue weighted by Gasteiger charge is 2.34. The highest BCUT2D eigenvalue weighted by molar-refractivity contribution is 7.90. The normalized spacial score (nSPS) is 24.9. The van der Waals surface area contributed by atoms with Crippen LogP contribution in [0, 0.1) is 11.8 Å². The lowest BCUT2D eigenvalue weighted by molar-refractivity contribution is -0.135. The van der Waals surface area contributed by atoms with Gasteiger partial charge in [-0.1, -0.05) is 32.9 Å². The first kappa shape index (κ1) is 17.9. The van der Waals surface area contributed by atoms with Gasteiger partial charge in [0.1, 0.15) is 11.9 Å². The van der Waals surface area contributed by atoms with Crippen molar-refractivity contribution in [1.29, 1.82) is 0 Å². The largest absolute Gasteiger partial charge is 0.341 e. The number of sulfonamides is 1. The summed E-state index contributed by atoms with van der Waals surface area (Å²) in [4.78, 5) is 19.6. The Morgan fingerprint density at radius 2 is 2.04 bits per heavy atom. The van der Waals surface area contributed by atoms with Gasteiger partial charge in [-0.15, -0.1) is 0 Å². The fraction of sp³-hybridized carbons (Fsp3) is 0.556. The zero-order chi connectivity index (χ0) is 18.2. The Morgan fingerprint density at radius 1 is 1.32 bits per heavy atom. The zero-order valence-corrected chi connectivity index (χ0v) is 15.7. The van der Waals surface area contributed by atoms with Crippen LogP contribution in [0.3, 0.4) is 0 Å². The van der Waals surface area contributed by atoms with Gasteiger partial charge in [-0.05, 0) is 36.8 Å². The molecular formula is C18H25N3O3S. The molecule has 3 rings (SSSR count). The number of nitrogens with one attached hydrogen (secondary N) is 1. The standard InChI is InChI=1S/C18H25N3O3S/c1-12(2)16(18(22)21-10-6-7-13(3)11-21)19-17-14-8-4-5-9-15(14)25(23,24)20-17/h4-5,8-9,12-13,16H,6-7,10-11H2,1-3H3,(H,19,20). The third-order valence-electron chi connectivity index (χ3n) is 4.78. The van der Waals surface area contributed by atoms with Crippen LogP contribution in [0.5, 0.6) is 0 Å². The number of carbonyl (C=O) groups is 1. The van der Waals surface area contributed by atoms with Crippen molar-refractivity contribution in [3.05, 3.63) is 29.8 Å². The lowest BCUT2D eigenvalue weighted by Gasteiger charge is -2.33. The van der Waals surface area contributed by atoms with Gasteiger partial charge in [0.15, 0.2) is 0 Å². The van der Waals surface area contributed by atoms with E-state index < -0.39 is 16.1 Å². The average molecular weight is 363 g/mol. The van der Waals surface area contributed by atoms with E-state index >= 15 is 0 Å². The lowest BCUT2D eigenvalue weighted by Crippen LogP contribution is -2.46. The van der Waals surface area contributed by atoms with Crippen LogP contribution in [-0.2, 0) is 14.8 Å². The Kier molecular flexibility index (Phi) is 4.86. The monoisotopic (exact) mass is 363 g/mol. The first-order valence-corrected chi connectivity index (χ1v) is 10.3. The number of hydrogen-bond acceptors (Lipinski definition) is 4. The quantitative estimate of drug-likeness (QED) is 0.892. The van der Waals surface area contributed by atoms with Crippen LogP contribution in [0.2, 0.25) is 0 Å². The average Bonchev–Trinajstić information content (AvgIpc) is 2.83. The summed E-state index contributed by atoms with van der Waals surface area (Å²) >= 11 is 0. The first-order chi connectivity index (χ1) is 11.8. The van der Waals surface area contributed by atoms with Crippen LogP contribution in [0.1, 0.15) is 39.2 Å².